The van der Waals surface area contributed by atoms with Crippen LogP contribution in [0.2, 0.25) is 0 Å². The van der Waals surface area contributed by atoms with Crippen LogP contribution in [-0.2, 0) is 0 Å². The summed E-state index contributed by atoms with van der Waals surface area (Å²) >= 11 is 5.30. The van der Waals surface area contributed by atoms with Gasteiger partial charge in [-0.3, -0.25) is 0 Å². The maximum Gasteiger partial charge on any atom is 0.387 e. The quantitative estimate of drug-likeness (QED) is 0.729. The highest BCUT2D eigenvalue weighted by Crippen LogP contribution is 2.18. The van der Waals surface area contributed by atoms with E-state index in [1.54, 1.807) is 12.1 Å². The van der Waals surface area contributed by atoms with E-state index in [4.69, 9.17) is 12.2 Å². The summed E-state index contributed by atoms with van der Waals surface area (Å²) in [7, 11) is 4.02. The van der Waals surface area contributed by atoms with Gasteiger partial charge in [-0.25, -0.2) is 0 Å². The van der Waals surface area contributed by atoms with E-state index in [0.717, 1.165) is 0 Å². The molecule has 0 saturated heterocycles. The molecule has 0 aromatic heterocycles. The van der Waals surface area contributed by atoms with Crippen molar-refractivity contribution in [1.82, 2.24) is 10.2 Å². The molecule has 2 N–H and O–H groups in total. The first kappa shape index (κ1) is 19.1. The van der Waals surface area contributed by atoms with Crippen LogP contribution in [0.3, 0.4) is 0 Å². The second-order valence-corrected chi connectivity index (χ2v) is 6.04. The largest absolute Gasteiger partial charge is 0.435 e. The van der Waals surface area contributed by atoms with Gasteiger partial charge in [-0.05, 0) is 56.1 Å². The molecule has 0 saturated carbocycles. The number of hydrogen-bond donors (Lipinski definition) is 2. The predicted octanol–water partition coefficient (Wildman–Crippen LogP) is 3.88. The minimum absolute atomic E-state index is 0.108. The van der Waals surface area contributed by atoms with Crippen molar-refractivity contribution in [2.75, 3.05) is 26.0 Å². The fraction of sp³-hybridized carbons (Fsp3) is 0.278. The molecule has 2 aromatic rings. The van der Waals surface area contributed by atoms with E-state index < -0.39 is 6.61 Å². The lowest BCUT2D eigenvalue weighted by atomic mass is 10.1. The Morgan fingerprint density at radius 1 is 1.08 bits per heavy atom. The molecule has 2 aromatic carbocycles. The maximum atomic E-state index is 12.1. The Labute approximate surface area is 151 Å². The van der Waals surface area contributed by atoms with E-state index in [-0.39, 0.29) is 11.8 Å². The third-order valence-electron chi connectivity index (χ3n) is 3.60. The fourth-order valence-electron chi connectivity index (χ4n) is 2.36. The number of benzene rings is 2. The summed E-state index contributed by atoms with van der Waals surface area (Å²) in [5.74, 6) is 0.108. The van der Waals surface area contributed by atoms with Gasteiger partial charge in [0.25, 0.3) is 0 Å². The van der Waals surface area contributed by atoms with E-state index in [2.05, 4.69) is 32.4 Å². The van der Waals surface area contributed by atoms with Crippen molar-refractivity contribution >= 4 is 23.0 Å². The van der Waals surface area contributed by atoms with Crippen molar-refractivity contribution in [3.8, 4) is 5.75 Å². The first-order valence-electron chi connectivity index (χ1n) is 7.77. The molecule has 0 bridgehead atoms. The average Bonchev–Trinajstić information content (AvgIpc) is 2.57. The lowest BCUT2D eigenvalue weighted by molar-refractivity contribution is -0.0498. The van der Waals surface area contributed by atoms with Gasteiger partial charge < -0.3 is 20.3 Å². The van der Waals surface area contributed by atoms with Crippen LogP contribution in [0.25, 0.3) is 0 Å². The van der Waals surface area contributed by atoms with Crippen LogP contribution in [0, 0.1) is 0 Å². The van der Waals surface area contributed by atoms with Gasteiger partial charge in [0.1, 0.15) is 5.75 Å². The Kier molecular flexibility index (Phi) is 7.09. The summed E-state index contributed by atoms with van der Waals surface area (Å²) in [6, 6.07) is 16.5. The molecule has 2 rings (SSSR count). The van der Waals surface area contributed by atoms with E-state index in [9.17, 15) is 8.78 Å². The van der Waals surface area contributed by atoms with Gasteiger partial charge in [0.2, 0.25) is 0 Å². The molecular formula is C18H21F2N3OS. The van der Waals surface area contributed by atoms with Crippen LogP contribution in [0.5, 0.6) is 5.75 Å². The fourth-order valence-corrected chi connectivity index (χ4v) is 2.56. The molecule has 0 fully saturated rings. The summed E-state index contributed by atoms with van der Waals surface area (Å²) in [6.45, 7) is -2.20. The number of alkyl halides is 2. The van der Waals surface area contributed by atoms with E-state index in [1.165, 1.54) is 17.7 Å². The predicted molar refractivity (Wildman–Crippen MR) is 100 cm³/mol. The Morgan fingerprint density at radius 3 is 2.28 bits per heavy atom. The van der Waals surface area contributed by atoms with E-state index in [1.807, 2.05) is 32.3 Å². The van der Waals surface area contributed by atoms with Gasteiger partial charge in [-0.15, -0.1) is 0 Å². The van der Waals surface area contributed by atoms with Crippen LogP contribution < -0.4 is 15.4 Å². The smallest absolute Gasteiger partial charge is 0.387 e. The topological polar surface area (TPSA) is 36.5 Å². The summed E-state index contributed by atoms with van der Waals surface area (Å²) in [4.78, 5) is 2.11. The third kappa shape index (κ3) is 6.28. The molecule has 0 heterocycles. The standard InChI is InChI=1S/C18H21F2N3OS/c1-23(2)16(13-6-4-3-5-7-13)12-21-18(25)22-14-8-10-15(11-9-14)24-17(19)20/h3-11,16-17H,12H2,1-2H3,(H2,21,22,25)/t16-/m1/s1. The zero-order chi connectivity index (χ0) is 18.2. The lowest BCUT2D eigenvalue weighted by Crippen LogP contribution is -2.36. The Balaban J connectivity index is 1.89. The van der Waals surface area contributed by atoms with Crippen molar-refractivity contribution in [2.45, 2.75) is 12.7 Å². The number of likely N-dealkylation sites (N-methyl/N-ethyl adjacent to an activating group) is 1. The van der Waals surface area contributed by atoms with Gasteiger partial charge in [-0.1, -0.05) is 30.3 Å². The molecule has 25 heavy (non-hydrogen) atoms. The van der Waals surface area contributed by atoms with Crippen LogP contribution in [0.1, 0.15) is 11.6 Å². The van der Waals surface area contributed by atoms with Crippen molar-refractivity contribution in [1.29, 1.82) is 0 Å². The number of ether oxygens (including phenoxy) is 1. The molecule has 134 valence electrons. The summed E-state index contributed by atoms with van der Waals surface area (Å²) in [5.41, 5.74) is 1.89. The maximum absolute atomic E-state index is 12.1. The second-order valence-electron chi connectivity index (χ2n) is 5.63. The van der Waals surface area contributed by atoms with Crippen molar-refractivity contribution in [3.63, 3.8) is 0 Å². The molecule has 0 aliphatic rings. The highest BCUT2D eigenvalue weighted by atomic mass is 32.1. The van der Waals surface area contributed by atoms with E-state index in [0.29, 0.717) is 17.3 Å². The summed E-state index contributed by atoms with van der Waals surface area (Å²) in [6.07, 6.45) is 0. The molecule has 0 aliphatic heterocycles. The van der Waals surface area contributed by atoms with Crippen LogP contribution in [0.15, 0.2) is 54.6 Å². The van der Waals surface area contributed by atoms with Gasteiger partial charge in [0.05, 0.1) is 6.04 Å². The minimum atomic E-state index is -2.83. The first-order chi connectivity index (χ1) is 12.0. The number of nitrogens with zero attached hydrogens (tertiary/aromatic N) is 1. The van der Waals surface area contributed by atoms with Gasteiger partial charge in [0.15, 0.2) is 5.11 Å². The normalized spacial score (nSPS) is 12.1. The molecule has 0 radical (unpaired) electrons. The van der Waals surface area contributed by atoms with Crippen molar-refractivity contribution in [3.05, 3.63) is 60.2 Å². The third-order valence-corrected chi connectivity index (χ3v) is 3.85. The van der Waals surface area contributed by atoms with Gasteiger partial charge in [-0.2, -0.15) is 8.78 Å². The number of anilines is 1. The summed E-state index contributed by atoms with van der Waals surface area (Å²) in [5, 5.41) is 6.68. The van der Waals surface area contributed by atoms with Crippen molar-refractivity contribution in [2.24, 2.45) is 0 Å². The second kappa shape index (κ2) is 9.29. The molecule has 0 aliphatic carbocycles. The molecule has 4 nitrogen and oxygen atoms in total. The molecule has 0 amide bonds. The Bertz CT molecular complexity index is 666. The number of thiocarbonyl (C=S) groups is 1. The van der Waals surface area contributed by atoms with Gasteiger partial charge >= 0.3 is 6.61 Å². The van der Waals surface area contributed by atoms with E-state index >= 15 is 0 Å². The number of nitrogens with one attached hydrogen (secondary N) is 2. The number of halogens is 2. The zero-order valence-electron chi connectivity index (χ0n) is 14.1. The highest BCUT2D eigenvalue weighted by molar-refractivity contribution is 7.80. The van der Waals surface area contributed by atoms with Crippen LogP contribution >= 0.6 is 12.2 Å². The van der Waals surface area contributed by atoms with Crippen molar-refractivity contribution < 1.29 is 13.5 Å². The average molecular weight is 365 g/mol. The molecular weight excluding hydrogens is 344 g/mol. The Hall–Kier alpha value is -2.25. The summed E-state index contributed by atoms with van der Waals surface area (Å²) < 4.78 is 28.6. The highest BCUT2D eigenvalue weighted by Gasteiger charge is 2.14. The molecule has 7 heteroatoms. The lowest BCUT2D eigenvalue weighted by Gasteiger charge is -2.25. The Morgan fingerprint density at radius 2 is 1.72 bits per heavy atom. The van der Waals surface area contributed by atoms with Crippen LogP contribution in [0.4, 0.5) is 14.5 Å². The molecule has 0 spiro atoms. The first-order valence-corrected chi connectivity index (χ1v) is 8.17. The monoisotopic (exact) mass is 365 g/mol. The van der Waals surface area contributed by atoms with Crippen LogP contribution in [-0.4, -0.2) is 37.3 Å². The van der Waals surface area contributed by atoms with Gasteiger partial charge in [0, 0.05) is 12.2 Å². The number of rotatable bonds is 7. The minimum Gasteiger partial charge on any atom is -0.435 e. The molecule has 0 unspecified atom stereocenters. The SMILES string of the molecule is CN(C)[C@H](CNC(=S)Nc1ccc(OC(F)F)cc1)c1ccccc1. The zero-order valence-corrected chi connectivity index (χ0v) is 14.9. The number of hydrogen-bond acceptors (Lipinski definition) is 3. The molecule has 1 atom stereocenters.